The van der Waals surface area contributed by atoms with Crippen LogP contribution in [-0.2, 0) is 0 Å². The van der Waals surface area contributed by atoms with E-state index in [0.717, 1.165) is 6.54 Å². The quantitative estimate of drug-likeness (QED) is 0.854. The summed E-state index contributed by atoms with van der Waals surface area (Å²) in [6.45, 7) is 9.65. The molecule has 0 saturated heterocycles. The summed E-state index contributed by atoms with van der Waals surface area (Å²) in [6.07, 6.45) is 0. The first-order chi connectivity index (χ1) is 7.81. The molecule has 1 aromatic heterocycles. The van der Waals surface area contributed by atoms with E-state index in [1.165, 1.54) is 0 Å². The third-order valence-corrected chi connectivity index (χ3v) is 1.95. The van der Waals surface area contributed by atoms with Crippen LogP contribution in [0.15, 0.2) is 0 Å². The first kappa shape index (κ1) is 13.5. The van der Waals surface area contributed by atoms with Gasteiger partial charge < -0.3 is 15.4 Å². The standard InChI is InChI=1S/C11H21N5O/c1-6-17-10-14-8(12)13-9(15-10)16(5)7-11(2,3)4/h6-7H2,1-5H3,(H2,12,13,14,15). The number of rotatable bonds is 4. The van der Waals surface area contributed by atoms with Crippen molar-refractivity contribution in [2.45, 2.75) is 27.7 Å². The fourth-order valence-corrected chi connectivity index (χ4v) is 1.51. The van der Waals surface area contributed by atoms with E-state index in [0.29, 0.717) is 12.6 Å². The molecule has 6 heteroatoms. The highest BCUT2D eigenvalue weighted by Gasteiger charge is 2.17. The van der Waals surface area contributed by atoms with Gasteiger partial charge in [0.15, 0.2) is 0 Å². The molecule has 0 fully saturated rings. The Morgan fingerprint density at radius 2 is 1.88 bits per heavy atom. The largest absolute Gasteiger partial charge is 0.464 e. The molecule has 6 nitrogen and oxygen atoms in total. The molecule has 1 heterocycles. The normalized spacial score (nSPS) is 11.4. The smallest absolute Gasteiger partial charge is 0.323 e. The van der Waals surface area contributed by atoms with Crippen molar-refractivity contribution in [1.29, 1.82) is 0 Å². The van der Waals surface area contributed by atoms with Gasteiger partial charge in [0, 0.05) is 13.6 Å². The maximum atomic E-state index is 5.62. The van der Waals surface area contributed by atoms with Crippen LogP contribution in [0.4, 0.5) is 11.9 Å². The Kier molecular flexibility index (Phi) is 4.09. The van der Waals surface area contributed by atoms with Crippen LogP contribution in [0.1, 0.15) is 27.7 Å². The fourth-order valence-electron chi connectivity index (χ4n) is 1.51. The molecule has 0 unspecified atom stereocenters. The predicted octanol–water partition coefficient (Wildman–Crippen LogP) is 1.33. The van der Waals surface area contributed by atoms with Gasteiger partial charge in [-0.3, -0.25) is 0 Å². The molecular weight excluding hydrogens is 218 g/mol. The van der Waals surface area contributed by atoms with Crippen LogP contribution in [0.3, 0.4) is 0 Å². The molecule has 0 atom stereocenters. The lowest BCUT2D eigenvalue weighted by Gasteiger charge is -2.26. The van der Waals surface area contributed by atoms with Crippen LogP contribution in [0.5, 0.6) is 6.01 Å². The molecular formula is C11H21N5O. The summed E-state index contributed by atoms with van der Waals surface area (Å²) in [7, 11) is 1.93. The Morgan fingerprint density at radius 1 is 1.24 bits per heavy atom. The van der Waals surface area contributed by atoms with Gasteiger partial charge in [-0.2, -0.15) is 15.0 Å². The molecule has 0 aliphatic carbocycles. The van der Waals surface area contributed by atoms with Crippen molar-refractivity contribution in [2.75, 3.05) is 30.8 Å². The minimum absolute atomic E-state index is 0.155. The average Bonchev–Trinajstić information content (AvgIpc) is 2.14. The Morgan fingerprint density at radius 3 is 2.41 bits per heavy atom. The van der Waals surface area contributed by atoms with Crippen molar-refractivity contribution < 1.29 is 4.74 Å². The molecule has 0 bridgehead atoms. The molecule has 0 spiro atoms. The number of hydrogen-bond donors (Lipinski definition) is 1. The van der Waals surface area contributed by atoms with Gasteiger partial charge in [0.2, 0.25) is 11.9 Å². The monoisotopic (exact) mass is 239 g/mol. The number of hydrogen-bond acceptors (Lipinski definition) is 6. The maximum absolute atomic E-state index is 5.62. The maximum Gasteiger partial charge on any atom is 0.323 e. The van der Waals surface area contributed by atoms with Gasteiger partial charge in [-0.15, -0.1) is 0 Å². The number of nitrogens with two attached hydrogens (primary N) is 1. The van der Waals surface area contributed by atoms with E-state index in [-0.39, 0.29) is 17.4 Å². The molecule has 0 aliphatic heterocycles. The first-order valence-electron chi connectivity index (χ1n) is 5.67. The lowest BCUT2D eigenvalue weighted by atomic mass is 9.96. The Labute approximate surface area is 102 Å². The van der Waals surface area contributed by atoms with E-state index in [1.807, 2.05) is 18.9 Å². The van der Waals surface area contributed by atoms with Gasteiger partial charge >= 0.3 is 6.01 Å². The summed E-state index contributed by atoms with van der Waals surface area (Å²) in [5.41, 5.74) is 5.78. The highest BCUT2D eigenvalue weighted by molar-refractivity contribution is 5.35. The molecule has 0 amide bonds. The second kappa shape index (κ2) is 5.16. The van der Waals surface area contributed by atoms with Crippen LogP contribution < -0.4 is 15.4 Å². The van der Waals surface area contributed by atoms with Gasteiger partial charge in [0.1, 0.15) is 0 Å². The van der Waals surface area contributed by atoms with E-state index in [9.17, 15) is 0 Å². The van der Waals surface area contributed by atoms with Crippen LogP contribution in [0.25, 0.3) is 0 Å². The molecule has 1 aromatic rings. The zero-order valence-electron chi connectivity index (χ0n) is 11.2. The molecule has 17 heavy (non-hydrogen) atoms. The molecule has 0 radical (unpaired) electrons. The first-order valence-corrected chi connectivity index (χ1v) is 5.67. The van der Waals surface area contributed by atoms with Crippen LogP contribution in [0.2, 0.25) is 0 Å². The average molecular weight is 239 g/mol. The summed E-state index contributed by atoms with van der Waals surface area (Å²) in [4.78, 5) is 14.2. The van der Waals surface area contributed by atoms with Gasteiger partial charge in [0.05, 0.1) is 6.61 Å². The van der Waals surface area contributed by atoms with E-state index in [4.69, 9.17) is 10.5 Å². The minimum atomic E-state index is 0.155. The number of nitrogens with zero attached hydrogens (tertiary/aromatic N) is 4. The Hall–Kier alpha value is -1.59. The zero-order valence-corrected chi connectivity index (χ0v) is 11.2. The lowest BCUT2D eigenvalue weighted by Crippen LogP contribution is -2.30. The highest BCUT2D eigenvalue weighted by Crippen LogP contribution is 2.19. The van der Waals surface area contributed by atoms with Gasteiger partial charge in [-0.1, -0.05) is 20.8 Å². The lowest BCUT2D eigenvalue weighted by molar-refractivity contribution is 0.311. The number of nitrogen functional groups attached to an aromatic ring is 1. The Balaban J connectivity index is 2.89. The molecule has 1 rings (SSSR count). The van der Waals surface area contributed by atoms with Crippen LogP contribution in [-0.4, -0.2) is 35.2 Å². The molecule has 2 N–H and O–H groups in total. The molecule has 0 aromatic carbocycles. The van der Waals surface area contributed by atoms with E-state index >= 15 is 0 Å². The second-order valence-electron chi connectivity index (χ2n) is 5.13. The van der Waals surface area contributed by atoms with E-state index in [1.54, 1.807) is 0 Å². The third kappa shape index (κ3) is 4.42. The van der Waals surface area contributed by atoms with Crippen molar-refractivity contribution >= 4 is 11.9 Å². The third-order valence-electron chi connectivity index (χ3n) is 1.95. The Bertz CT molecular complexity index is 375. The summed E-state index contributed by atoms with van der Waals surface area (Å²) < 4.78 is 5.24. The van der Waals surface area contributed by atoms with Crippen LogP contribution >= 0.6 is 0 Å². The van der Waals surface area contributed by atoms with Crippen molar-refractivity contribution in [1.82, 2.24) is 15.0 Å². The van der Waals surface area contributed by atoms with Crippen LogP contribution in [0, 0.1) is 5.41 Å². The van der Waals surface area contributed by atoms with Crippen molar-refractivity contribution in [3.05, 3.63) is 0 Å². The summed E-state index contributed by atoms with van der Waals surface area (Å²) in [5, 5.41) is 0. The van der Waals surface area contributed by atoms with Gasteiger partial charge in [-0.25, -0.2) is 0 Å². The topological polar surface area (TPSA) is 77.2 Å². The summed E-state index contributed by atoms with van der Waals surface area (Å²) in [5.74, 6) is 0.718. The summed E-state index contributed by atoms with van der Waals surface area (Å²) >= 11 is 0. The number of ether oxygens (including phenoxy) is 1. The van der Waals surface area contributed by atoms with Crippen molar-refractivity contribution in [2.24, 2.45) is 5.41 Å². The second-order valence-corrected chi connectivity index (χ2v) is 5.13. The molecule has 0 saturated carbocycles. The number of anilines is 2. The predicted molar refractivity (Wildman–Crippen MR) is 68.1 cm³/mol. The minimum Gasteiger partial charge on any atom is -0.464 e. The molecule has 96 valence electrons. The fraction of sp³-hybridized carbons (Fsp3) is 0.727. The van der Waals surface area contributed by atoms with Crippen molar-refractivity contribution in [3.63, 3.8) is 0 Å². The van der Waals surface area contributed by atoms with Crippen molar-refractivity contribution in [3.8, 4) is 6.01 Å². The highest BCUT2D eigenvalue weighted by atomic mass is 16.5. The van der Waals surface area contributed by atoms with E-state index in [2.05, 4.69) is 35.7 Å². The number of aromatic nitrogens is 3. The van der Waals surface area contributed by atoms with E-state index < -0.39 is 0 Å². The van der Waals surface area contributed by atoms with Gasteiger partial charge in [-0.05, 0) is 12.3 Å². The molecule has 0 aliphatic rings. The van der Waals surface area contributed by atoms with Gasteiger partial charge in [0.25, 0.3) is 0 Å². The SMILES string of the molecule is CCOc1nc(N)nc(N(C)CC(C)(C)C)n1. The zero-order chi connectivity index (χ0) is 13.1. The summed E-state index contributed by atoms with van der Waals surface area (Å²) in [6, 6.07) is 0.274.